The van der Waals surface area contributed by atoms with Gasteiger partial charge in [0.25, 0.3) is 0 Å². The number of nitrogens with two attached hydrogens (primary N) is 1. The molecule has 0 aliphatic carbocycles. The predicted molar refractivity (Wildman–Crippen MR) is 43.8 cm³/mol. The molecule has 0 saturated carbocycles. The van der Waals surface area contributed by atoms with Gasteiger partial charge in [-0.3, -0.25) is 11.3 Å². The largest absolute Gasteiger partial charge is 0.469 e. The van der Waals surface area contributed by atoms with E-state index in [0.29, 0.717) is 0 Å². The van der Waals surface area contributed by atoms with Crippen LogP contribution < -0.4 is 11.3 Å². The van der Waals surface area contributed by atoms with E-state index in [1.165, 1.54) is 0 Å². The molecule has 0 aromatic carbocycles. The van der Waals surface area contributed by atoms with Crippen molar-refractivity contribution in [2.45, 2.75) is 26.3 Å². The van der Waals surface area contributed by atoms with Crippen LogP contribution in [0.2, 0.25) is 0 Å². The van der Waals surface area contributed by atoms with Crippen molar-refractivity contribution in [2.75, 3.05) is 0 Å². The molecule has 1 aromatic heterocycles. The second-order valence-corrected chi connectivity index (χ2v) is 2.62. The highest BCUT2D eigenvalue weighted by atomic mass is 16.3. The number of hydrazine groups is 1. The second-order valence-electron chi connectivity index (χ2n) is 2.62. The number of aryl methyl sites for hydroxylation is 1. The minimum atomic E-state index is 0.215. The van der Waals surface area contributed by atoms with Gasteiger partial charge in [-0.1, -0.05) is 6.92 Å². The average Bonchev–Trinajstić information content (AvgIpc) is 2.39. The monoisotopic (exact) mass is 154 g/mol. The minimum absolute atomic E-state index is 0.215. The molecule has 0 radical (unpaired) electrons. The maximum absolute atomic E-state index is 5.33. The van der Waals surface area contributed by atoms with E-state index < -0.39 is 0 Å². The van der Waals surface area contributed by atoms with Crippen LogP contribution in [-0.2, 0) is 0 Å². The summed E-state index contributed by atoms with van der Waals surface area (Å²) in [4.78, 5) is 0. The van der Waals surface area contributed by atoms with Crippen molar-refractivity contribution in [2.24, 2.45) is 5.84 Å². The van der Waals surface area contributed by atoms with Gasteiger partial charge in [-0.05, 0) is 19.4 Å². The van der Waals surface area contributed by atoms with E-state index in [1.807, 2.05) is 13.0 Å². The second kappa shape index (κ2) is 3.55. The molecule has 3 N–H and O–H groups in total. The fourth-order valence-electron chi connectivity index (χ4n) is 1.10. The lowest BCUT2D eigenvalue weighted by molar-refractivity contribution is 0.506. The van der Waals surface area contributed by atoms with Gasteiger partial charge in [-0.25, -0.2) is 0 Å². The van der Waals surface area contributed by atoms with Crippen molar-refractivity contribution in [3.05, 3.63) is 23.7 Å². The van der Waals surface area contributed by atoms with E-state index in [2.05, 4.69) is 12.3 Å². The van der Waals surface area contributed by atoms with E-state index in [9.17, 15) is 0 Å². The van der Waals surface area contributed by atoms with Crippen molar-refractivity contribution in [1.82, 2.24) is 5.43 Å². The highest BCUT2D eigenvalue weighted by Crippen LogP contribution is 2.17. The summed E-state index contributed by atoms with van der Waals surface area (Å²) in [6, 6.07) is 2.21. The Bertz CT molecular complexity index is 216. The number of rotatable bonds is 3. The van der Waals surface area contributed by atoms with Gasteiger partial charge in [-0.15, -0.1) is 0 Å². The fourth-order valence-corrected chi connectivity index (χ4v) is 1.10. The Morgan fingerprint density at radius 3 is 2.82 bits per heavy atom. The number of hydrogen-bond donors (Lipinski definition) is 2. The van der Waals surface area contributed by atoms with Gasteiger partial charge in [-0.2, -0.15) is 0 Å². The van der Waals surface area contributed by atoms with E-state index in [0.717, 1.165) is 17.7 Å². The van der Waals surface area contributed by atoms with E-state index in [-0.39, 0.29) is 6.04 Å². The van der Waals surface area contributed by atoms with Crippen molar-refractivity contribution in [3.63, 3.8) is 0 Å². The zero-order valence-electron chi connectivity index (χ0n) is 6.92. The molecule has 0 saturated heterocycles. The number of hydrogen-bond acceptors (Lipinski definition) is 3. The van der Waals surface area contributed by atoms with Gasteiger partial charge >= 0.3 is 0 Å². The average molecular weight is 154 g/mol. The molecule has 1 unspecified atom stereocenters. The zero-order valence-corrected chi connectivity index (χ0v) is 6.92. The SMILES string of the molecule is CCC(NN)c1coc(C)c1. The molecule has 3 heteroatoms. The number of furan rings is 1. The molecule has 0 fully saturated rings. The van der Waals surface area contributed by atoms with Crippen LogP contribution >= 0.6 is 0 Å². The summed E-state index contributed by atoms with van der Waals surface area (Å²) in [5.74, 6) is 6.26. The van der Waals surface area contributed by atoms with Crippen LogP contribution in [0.5, 0.6) is 0 Å². The highest BCUT2D eigenvalue weighted by Gasteiger charge is 2.08. The zero-order chi connectivity index (χ0) is 8.27. The van der Waals surface area contributed by atoms with Crippen molar-refractivity contribution in [1.29, 1.82) is 0 Å². The Morgan fingerprint density at radius 2 is 2.45 bits per heavy atom. The molecular weight excluding hydrogens is 140 g/mol. The summed E-state index contributed by atoms with van der Waals surface area (Å²) in [5.41, 5.74) is 3.84. The van der Waals surface area contributed by atoms with Gasteiger partial charge in [0.1, 0.15) is 5.76 Å². The molecule has 1 atom stereocenters. The van der Waals surface area contributed by atoms with E-state index in [1.54, 1.807) is 6.26 Å². The van der Waals surface area contributed by atoms with E-state index in [4.69, 9.17) is 10.3 Å². The summed E-state index contributed by atoms with van der Waals surface area (Å²) in [5, 5.41) is 0. The first-order chi connectivity index (χ1) is 5.27. The first-order valence-corrected chi connectivity index (χ1v) is 3.79. The molecule has 0 amide bonds. The highest BCUT2D eigenvalue weighted by molar-refractivity contribution is 5.15. The normalized spacial score (nSPS) is 13.4. The van der Waals surface area contributed by atoms with Crippen molar-refractivity contribution < 1.29 is 4.42 Å². The molecule has 0 spiro atoms. The standard InChI is InChI=1S/C8H14N2O/c1-3-8(10-9)7-4-6(2)11-5-7/h4-5,8,10H,3,9H2,1-2H3. The molecule has 11 heavy (non-hydrogen) atoms. The van der Waals surface area contributed by atoms with Crippen LogP contribution in [-0.4, -0.2) is 0 Å². The van der Waals surface area contributed by atoms with Gasteiger partial charge in [0.05, 0.1) is 6.26 Å². The summed E-state index contributed by atoms with van der Waals surface area (Å²) in [7, 11) is 0. The summed E-state index contributed by atoms with van der Waals surface area (Å²) < 4.78 is 5.15. The van der Waals surface area contributed by atoms with E-state index >= 15 is 0 Å². The molecule has 1 aromatic rings. The Balaban J connectivity index is 2.73. The Hall–Kier alpha value is -0.800. The molecule has 3 nitrogen and oxygen atoms in total. The molecule has 0 aliphatic heterocycles. The maximum Gasteiger partial charge on any atom is 0.101 e. The predicted octanol–water partition coefficient (Wildman–Crippen LogP) is 1.50. The first kappa shape index (κ1) is 8.30. The molecule has 1 heterocycles. The van der Waals surface area contributed by atoms with Gasteiger partial charge in [0.2, 0.25) is 0 Å². The maximum atomic E-state index is 5.33. The lowest BCUT2D eigenvalue weighted by atomic mass is 10.1. The van der Waals surface area contributed by atoms with Crippen LogP contribution in [0.3, 0.4) is 0 Å². The molecule has 62 valence electrons. The van der Waals surface area contributed by atoms with Crippen molar-refractivity contribution in [3.8, 4) is 0 Å². The van der Waals surface area contributed by atoms with Crippen molar-refractivity contribution >= 4 is 0 Å². The van der Waals surface area contributed by atoms with Crippen LogP contribution in [0.15, 0.2) is 16.7 Å². The molecule has 1 rings (SSSR count). The number of nitrogens with one attached hydrogen (secondary N) is 1. The Kier molecular flexibility index (Phi) is 2.68. The topological polar surface area (TPSA) is 51.2 Å². The molecular formula is C8H14N2O. The van der Waals surface area contributed by atoms with Gasteiger partial charge in [0, 0.05) is 11.6 Å². The summed E-state index contributed by atoms with van der Waals surface area (Å²) in [6.45, 7) is 4.00. The smallest absolute Gasteiger partial charge is 0.101 e. The summed E-state index contributed by atoms with van der Waals surface area (Å²) >= 11 is 0. The van der Waals surface area contributed by atoms with Crippen LogP contribution in [0, 0.1) is 6.92 Å². The van der Waals surface area contributed by atoms with Gasteiger partial charge < -0.3 is 4.42 Å². The third-order valence-electron chi connectivity index (χ3n) is 1.76. The third kappa shape index (κ3) is 1.82. The van der Waals surface area contributed by atoms with Crippen LogP contribution in [0.25, 0.3) is 0 Å². The first-order valence-electron chi connectivity index (χ1n) is 3.79. The van der Waals surface area contributed by atoms with Crippen LogP contribution in [0.4, 0.5) is 0 Å². The van der Waals surface area contributed by atoms with Crippen LogP contribution in [0.1, 0.15) is 30.7 Å². The lowest BCUT2D eigenvalue weighted by Crippen LogP contribution is -2.26. The fraction of sp³-hybridized carbons (Fsp3) is 0.500. The quantitative estimate of drug-likeness (QED) is 0.512. The Morgan fingerprint density at radius 1 is 1.73 bits per heavy atom. The van der Waals surface area contributed by atoms with Gasteiger partial charge in [0.15, 0.2) is 0 Å². The Labute approximate surface area is 66.5 Å². The third-order valence-corrected chi connectivity index (χ3v) is 1.76. The molecule has 0 aliphatic rings. The molecule has 0 bridgehead atoms. The summed E-state index contributed by atoms with van der Waals surface area (Å²) in [6.07, 6.45) is 2.71. The minimum Gasteiger partial charge on any atom is -0.469 e. The lowest BCUT2D eigenvalue weighted by Gasteiger charge is -2.09.